The van der Waals surface area contributed by atoms with Gasteiger partial charge in [0.05, 0.1) is 4.92 Å². The summed E-state index contributed by atoms with van der Waals surface area (Å²) in [6.07, 6.45) is 3.06. The Bertz CT molecular complexity index is 480. The van der Waals surface area contributed by atoms with Crippen LogP contribution in [-0.2, 0) is 0 Å². The van der Waals surface area contributed by atoms with E-state index >= 15 is 0 Å². The number of hydrogen-bond donors (Lipinski definition) is 0. The third kappa shape index (κ3) is 1.26. The summed E-state index contributed by atoms with van der Waals surface area (Å²) >= 11 is 3.16. The zero-order valence-electron chi connectivity index (χ0n) is 6.22. The number of rotatable bonds is 1. The van der Waals surface area contributed by atoms with Gasteiger partial charge in [-0.1, -0.05) is 0 Å². The van der Waals surface area contributed by atoms with Crippen molar-refractivity contribution in [2.45, 2.75) is 0 Å². The lowest BCUT2D eigenvalue weighted by atomic mass is 10.4. The van der Waals surface area contributed by atoms with Crippen LogP contribution in [-0.4, -0.2) is 19.5 Å². The second kappa shape index (κ2) is 2.77. The molecular formula is C6H3BrN4O2. The van der Waals surface area contributed by atoms with E-state index in [1.807, 2.05) is 0 Å². The second-order valence-electron chi connectivity index (χ2n) is 2.36. The fourth-order valence-corrected chi connectivity index (χ4v) is 1.46. The van der Waals surface area contributed by atoms with E-state index in [0.717, 1.165) is 0 Å². The Morgan fingerprint density at radius 2 is 2.38 bits per heavy atom. The van der Waals surface area contributed by atoms with Gasteiger partial charge in [0, 0.05) is 16.7 Å². The van der Waals surface area contributed by atoms with Crippen LogP contribution in [0.2, 0.25) is 0 Å². The van der Waals surface area contributed by atoms with Gasteiger partial charge in [-0.05, 0) is 15.9 Å². The Morgan fingerprint density at radius 3 is 3.08 bits per heavy atom. The van der Waals surface area contributed by atoms with Crippen molar-refractivity contribution in [3.8, 4) is 0 Å². The van der Waals surface area contributed by atoms with Crippen LogP contribution in [0.4, 0.5) is 5.69 Å². The molecule has 0 atom stereocenters. The van der Waals surface area contributed by atoms with E-state index in [9.17, 15) is 10.1 Å². The zero-order chi connectivity index (χ0) is 9.42. The molecule has 0 aromatic carbocycles. The standard InChI is InChI=1S/C6H3BrN4O2/c7-4-1-5(11(12)13)6-9-8-3-10(6)2-4/h1-3H. The van der Waals surface area contributed by atoms with Gasteiger partial charge in [0.25, 0.3) is 0 Å². The molecule has 0 bridgehead atoms. The van der Waals surface area contributed by atoms with E-state index < -0.39 is 4.92 Å². The van der Waals surface area contributed by atoms with Gasteiger partial charge in [0.1, 0.15) is 6.33 Å². The first-order valence-corrected chi connectivity index (χ1v) is 4.11. The summed E-state index contributed by atoms with van der Waals surface area (Å²) in [4.78, 5) is 10.1. The maximum Gasteiger partial charge on any atom is 0.315 e. The molecule has 0 N–H and O–H groups in total. The third-order valence-corrected chi connectivity index (χ3v) is 1.97. The van der Waals surface area contributed by atoms with E-state index in [1.165, 1.54) is 16.8 Å². The average molecular weight is 243 g/mol. The third-order valence-electron chi connectivity index (χ3n) is 1.54. The fraction of sp³-hybridized carbons (Fsp3) is 0. The van der Waals surface area contributed by atoms with Gasteiger partial charge in [-0.3, -0.25) is 14.5 Å². The number of hydrogen-bond acceptors (Lipinski definition) is 4. The minimum Gasteiger partial charge on any atom is -0.282 e. The lowest BCUT2D eigenvalue weighted by Gasteiger charge is -1.95. The number of fused-ring (bicyclic) bond motifs is 1. The summed E-state index contributed by atoms with van der Waals surface area (Å²) in [6.45, 7) is 0. The van der Waals surface area contributed by atoms with Crippen molar-refractivity contribution in [3.05, 3.63) is 33.2 Å². The lowest BCUT2D eigenvalue weighted by molar-refractivity contribution is -0.383. The van der Waals surface area contributed by atoms with Crippen LogP contribution in [0.15, 0.2) is 23.1 Å². The van der Waals surface area contributed by atoms with Crippen molar-refractivity contribution in [3.63, 3.8) is 0 Å². The molecule has 13 heavy (non-hydrogen) atoms. The first-order chi connectivity index (χ1) is 6.18. The molecule has 2 aromatic rings. The van der Waals surface area contributed by atoms with Gasteiger partial charge in [-0.2, -0.15) is 0 Å². The zero-order valence-corrected chi connectivity index (χ0v) is 7.80. The molecule has 66 valence electrons. The fourth-order valence-electron chi connectivity index (χ4n) is 1.02. The predicted molar refractivity (Wildman–Crippen MR) is 47.3 cm³/mol. The SMILES string of the molecule is O=[N+]([O-])c1cc(Br)cn2cnnc12. The number of nitro groups is 1. The Balaban J connectivity index is 2.84. The summed E-state index contributed by atoms with van der Waals surface area (Å²) in [5.41, 5.74) is 0.181. The highest BCUT2D eigenvalue weighted by Crippen LogP contribution is 2.22. The van der Waals surface area contributed by atoms with E-state index in [4.69, 9.17) is 0 Å². The largest absolute Gasteiger partial charge is 0.315 e. The monoisotopic (exact) mass is 242 g/mol. The first kappa shape index (κ1) is 8.11. The molecule has 0 aliphatic rings. The molecule has 7 heteroatoms. The van der Waals surface area contributed by atoms with Gasteiger partial charge in [-0.15, -0.1) is 10.2 Å². The van der Waals surface area contributed by atoms with Crippen molar-refractivity contribution < 1.29 is 4.92 Å². The molecule has 0 aliphatic heterocycles. The van der Waals surface area contributed by atoms with Gasteiger partial charge in [-0.25, -0.2) is 0 Å². The summed E-state index contributed by atoms with van der Waals surface area (Å²) in [5, 5.41) is 17.8. The van der Waals surface area contributed by atoms with Gasteiger partial charge < -0.3 is 0 Å². The van der Waals surface area contributed by atoms with Crippen molar-refractivity contribution in [1.82, 2.24) is 14.6 Å². The van der Waals surface area contributed by atoms with Crippen LogP contribution in [0.1, 0.15) is 0 Å². The topological polar surface area (TPSA) is 73.3 Å². The Morgan fingerprint density at radius 1 is 1.62 bits per heavy atom. The number of nitrogens with zero attached hydrogens (tertiary/aromatic N) is 4. The highest BCUT2D eigenvalue weighted by Gasteiger charge is 2.14. The molecule has 0 unspecified atom stereocenters. The Hall–Kier alpha value is -1.50. The normalized spacial score (nSPS) is 10.5. The van der Waals surface area contributed by atoms with Crippen LogP contribution in [0.3, 0.4) is 0 Å². The van der Waals surface area contributed by atoms with Crippen molar-refractivity contribution >= 4 is 27.3 Å². The van der Waals surface area contributed by atoms with Crippen LogP contribution in [0, 0.1) is 10.1 Å². The lowest BCUT2D eigenvalue weighted by Crippen LogP contribution is -1.93. The molecule has 0 aliphatic carbocycles. The summed E-state index contributed by atoms with van der Waals surface area (Å²) in [6, 6.07) is 1.39. The minimum atomic E-state index is -0.491. The number of aromatic nitrogens is 3. The molecule has 2 heterocycles. The van der Waals surface area contributed by atoms with E-state index in [2.05, 4.69) is 26.1 Å². The first-order valence-electron chi connectivity index (χ1n) is 3.32. The van der Waals surface area contributed by atoms with Crippen molar-refractivity contribution in [2.24, 2.45) is 0 Å². The van der Waals surface area contributed by atoms with E-state index in [0.29, 0.717) is 4.47 Å². The average Bonchev–Trinajstić information content (AvgIpc) is 2.49. The Kier molecular flexibility index (Phi) is 1.73. The van der Waals surface area contributed by atoms with Gasteiger partial charge in [0.15, 0.2) is 0 Å². The van der Waals surface area contributed by atoms with Crippen LogP contribution >= 0.6 is 15.9 Å². The highest BCUT2D eigenvalue weighted by atomic mass is 79.9. The van der Waals surface area contributed by atoms with Gasteiger partial charge in [0.2, 0.25) is 5.65 Å². The van der Waals surface area contributed by atoms with Gasteiger partial charge >= 0.3 is 5.69 Å². The predicted octanol–water partition coefficient (Wildman–Crippen LogP) is 1.40. The van der Waals surface area contributed by atoms with E-state index in [-0.39, 0.29) is 11.3 Å². The highest BCUT2D eigenvalue weighted by molar-refractivity contribution is 9.10. The van der Waals surface area contributed by atoms with E-state index in [1.54, 1.807) is 6.20 Å². The molecule has 6 nitrogen and oxygen atoms in total. The summed E-state index contributed by atoms with van der Waals surface area (Å²) in [7, 11) is 0. The summed E-state index contributed by atoms with van der Waals surface area (Å²) < 4.78 is 2.11. The summed E-state index contributed by atoms with van der Waals surface area (Å²) in [5.74, 6) is 0. The maximum absolute atomic E-state index is 10.6. The molecule has 2 aromatic heterocycles. The molecule has 0 fully saturated rings. The van der Waals surface area contributed by atoms with Crippen molar-refractivity contribution in [2.75, 3.05) is 0 Å². The molecule has 0 saturated heterocycles. The van der Waals surface area contributed by atoms with Crippen molar-refractivity contribution in [1.29, 1.82) is 0 Å². The molecule has 0 amide bonds. The van der Waals surface area contributed by atoms with Crippen LogP contribution in [0.25, 0.3) is 5.65 Å². The molecule has 0 saturated carbocycles. The molecule has 0 spiro atoms. The Labute approximate surface area is 80.5 Å². The maximum atomic E-state index is 10.6. The van der Waals surface area contributed by atoms with Crippen LogP contribution in [0.5, 0.6) is 0 Å². The second-order valence-corrected chi connectivity index (χ2v) is 3.28. The molecular weight excluding hydrogens is 240 g/mol. The minimum absolute atomic E-state index is 0.0631. The molecule has 2 rings (SSSR count). The van der Waals surface area contributed by atoms with Crippen LogP contribution < -0.4 is 0 Å². The quantitative estimate of drug-likeness (QED) is 0.560. The number of halogens is 1. The number of pyridine rings is 1. The molecule has 0 radical (unpaired) electrons. The smallest absolute Gasteiger partial charge is 0.282 e.